The van der Waals surface area contributed by atoms with E-state index in [2.05, 4.69) is 30.2 Å². The van der Waals surface area contributed by atoms with Gasteiger partial charge < -0.3 is 9.94 Å². The highest BCUT2D eigenvalue weighted by atomic mass is 16.6. The number of rotatable bonds is 3. The van der Waals surface area contributed by atoms with Gasteiger partial charge in [0.25, 0.3) is 0 Å². The van der Waals surface area contributed by atoms with E-state index in [0.29, 0.717) is 23.9 Å². The van der Waals surface area contributed by atoms with E-state index in [1.54, 1.807) is 5.57 Å². The molecular formula is C26H35NO2. The van der Waals surface area contributed by atoms with Gasteiger partial charge in [-0.3, -0.25) is 0 Å². The van der Waals surface area contributed by atoms with Crippen LogP contribution in [-0.2, 0) is 4.84 Å². The summed E-state index contributed by atoms with van der Waals surface area (Å²) in [5.74, 6) is 5.24. The van der Waals surface area contributed by atoms with Crippen LogP contribution in [0.5, 0.6) is 0 Å². The Bertz CT molecular complexity index is 783. The van der Waals surface area contributed by atoms with Gasteiger partial charge >= 0.3 is 0 Å². The lowest BCUT2D eigenvalue weighted by atomic mass is 9.49. The second-order valence-electron chi connectivity index (χ2n) is 10.2. The largest absolute Gasteiger partial charge is 0.392 e. The lowest BCUT2D eigenvalue weighted by Gasteiger charge is -2.56. The molecule has 0 heterocycles. The maximum atomic E-state index is 11.2. The van der Waals surface area contributed by atoms with Crippen molar-refractivity contribution in [1.82, 2.24) is 0 Å². The fourth-order valence-electron chi connectivity index (χ4n) is 7.60. The van der Waals surface area contributed by atoms with Crippen LogP contribution in [0.3, 0.4) is 0 Å². The Kier molecular flexibility index (Phi) is 4.90. The number of terminal acetylenes is 1. The van der Waals surface area contributed by atoms with Gasteiger partial charge in [0, 0.05) is 5.41 Å². The minimum Gasteiger partial charge on any atom is -0.392 e. The Balaban J connectivity index is 1.34. The molecule has 3 heteroatoms. The zero-order chi connectivity index (χ0) is 20.1. The van der Waals surface area contributed by atoms with Gasteiger partial charge in [-0.25, -0.2) is 0 Å². The van der Waals surface area contributed by atoms with Gasteiger partial charge in [-0.15, -0.1) is 6.42 Å². The molecule has 0 radical (unpaired) electrons. The molecule has 5 aliphatic rings. The number of nitrogens with zero attached hydrogens (tertiary/aromatic N) is 1. The topological polar surface area (TPSA) is 41.8 Å². The molecule has 0 bridgehead atoms. The Morgan fingerprint density at radius 2 is 2.00 bits per heavy atom. The summed E-state index contributed by atoms with van der Waals surface area (Å²) in [5.41, 5.74) is 1.55. The molecule has 0 aromatic rings. The Labute approximate surface area is 175 Å². The van der Waals surface area contributed by atoms with Crippen molar-refractivity contribution in [2.75, 3.05) is 0 Å². The number of fused-ring (bicyclic) bond motifs is 5. The standard InChI is InChI=1S/C26H35NO2/c1-3-25-15-13-22-21-12-10-19(27-29-20-7-5-6-8-20)17-18(21)9-11-23(22)24(25)14-16-26(25,28)4-2/h2,14,16-17,20-24,28H,3,5-13,15H2,1H3/b27-19+/t21-,22+,23+,24-,25-,26-/m0/s1. The molecule has 0 unspecified atom stereocenters. The van der Waals surface area contributed by atoms with Gasteiger partial charge in [-0.05, 0) is 106 Å². The molecule has 0 saturated heterocycles. The van der Waals surface area contributed by atoms with Gasteiger partial charge in [0.15, 0.2) is 0 Å². The van der Waals surface area contributed by atoms with Crippen molar-refractivity contribution in [1.29, 1.82) is 0 Å². The molecule has 156 valence electrons. The third-order valence-electron chi connectivity index (χ3n) is 9.17. The van der Waals surface area contributed by atoms with Crippen LogP contribution >= 0.6 is 0 Å². The lowest BCUT2D eigenvalue weighted by Crippen LogP contribution is -2.54. The van der Waals surface area contributed by atoms with Crippen LogP contribution in [-0.4, -0.2) is 22.5 Å². The van der Waals surface area contributed by atoms with Crippen molar-refractivity contribution in [3.05, 3.63) is 23.8 Å². The molecule has 1 N–H and O–H groups in total. The molecule has 0 aromatic carbocycles. The summed E-state index contributed by atoms with van der Waals surface area (Å²) in [6.07, 6.45) is 25.4. The lowest BCUT2D eigenvalue weighted by molar-refractivity contribution is -0.0871. The van der Waals surface area contributed by atoms with E-state index >= 15 is 0 Å². The molecule has 29 heavy (non-hydrogen) atoms. The molecule has 0 amide bonds. The summed E-state index contributed by atoms with van der Waals surface area (Å²) in [6, 6.07) is 0. The molecule has 5 aliphatic carbocycles. The Morgan fingerprint density at radius 1 is 1.17 bits per heavy atom. The quantitative estimate of drug-likeness (QED) is 0.396. The third kappa shape index (κ3) is 2.94. The van der Waals surface area contributed by atoms with Crippen LogP contribution < -0.4 is 0 Å². The molecule has 0 aliphatic heterocycles. The van der Waals surface area contributed by atoms with Gasteiger partial charge in [0.05, 0.1) is 5.71 Å². The van der Waals surface area contributed by atoms with E-state index in [0.717, 1.165) is 50.2 Å². The van der Waals surface area contributed by atoms with E-state index < -0.39 is 5.60 Å². The van der Waals surface area contributed by atoms with Crippen LogP contribution in [0.25, 0.3) is 0 Å². The van der Waals surface area contributed by atoms with Crippen molar-refractivity contribution in [3.8, 4) is 12.3 Å². The summed E-state index contributed by atoms with van der Waals surface area (Å²) in [7, 11) is 0. The summed E-state index contributed by atoms with van der Waals surface area (Å²) in [5, 5.41) is 15.7. The number of hydrogen-bond acceptors (Lipinski definition) is 3. The monoisotopic (exact) mass is 393 g/mol. The van der Waals surface area contributed by atoms with E-state index in [1.165, 1.54) is 32.1 Å². The van der Waals surface area contributed by atoms with E-state index in [-0.39, 0.29) is 5.41 Å². The van der Waals surface area contributed by atoms with Crippen molar-refractivity contribution in [3.63, 3.8) is 0 Å². The van der Waals surface area contributed by atoms with E-state index in [1.807, 2.05) is 6.08 Å². The predicted molar refractivity (Wildman–Crippen MR) is 116 cm³/mol. The van der Waals surface area contributed by atoms with Gasteiger partial charge in [-0.2, -0.15) is 0 Å². The third-order valence-corrected chi connectivity index (χ3v) is 9.17. The van der Waals surface area contributed by atoms with Crippen LogP contribution in [0.4, 0.5) is 0 Å². The zero-order valence-corrected chi connectivity index (χ0v) is 17.8. The van der Waals surface area contributed by atoms with Crippen LogP contribution in [0.1, 0.15) is 77.6 Å². The summed E-state index contributed by atoms with van der Waals surface area (Å²) in [4.78, 5) is 5.84. The number of aliphatic hydroxyl groups is 1. The average molecular weight is 394 g/mol. The average Bonchev–Trinajstić information content (AvgIpc) is 3.38. The second kappa shape index (κ2) is 7.31. The Morgan fingerprint density at radius 3 is 2.76 bits per heavy atom. The second-order valence-corrected chi connectivity index (χ2v) is 10.2. The van der Waals surface area contributed by atoms with Crippen molar-refractivity contribution in [2.24, 2.45) is 34.2 Å². The SMILES string of the molecule is C#C[C@]1(O)C=C[C@H]2[C@@H]3CCC4=C/C(=N/OC5CCCC5)CC[C@@H]4[C@H]3CC[C@@]21CC. The summed E-state index contributed by atoms with van der Waals surface area (Å²) in [6.45, 7) is 2.21. The molecule has 5 rings (SSSR count). The maximum absolute atomic E-state index is 11.2. The van der Waals surface area contributed by atoms with Crippen LogP contribution in [0.15, 0.2) is 29.0 Å². The van der Waals surface area contributed by atoms with E-state index in [4.69, 9.17) is 11.3 Å². The van der Waals surface area contributed by atoms with Crippen LogP contribution in [0, 0.1) is 41.4 Å². The Hall–Kier alpha value is -1.53. The number of oxime groups is 1. The normalized spacial score (nSPS) is 45.3. The molecule has 0 aromatic heterocycles. The maximum Gasteiger partial charge on any atom is 0.149 e. The first-order valence-corrected chi connectivity index (χ1v) is 11.9. The van der Waals surface area contributed by atoms with E-state index in [9.17, 15) is 5.11 Å². The molecule has 0 spiro atoms. The fraction of sp³-hybridized carbons (Fsp3) is 0.731. The van der Waals surface area contributed by atoms with Gasteiger partial charge in [0.2, 0.25) is 0 Å². The smallest absolute Gasteiger partial charge is 0.149 e. The molecule has 6 atom stereocenters. The van der Waals surface area contributed by atoms with Crippen molar-refractivity contribution in [2.45, 2.75) is 89.3 Å². The number of allylic oxidation sites excluding steroid dienone is 3. The first-order chi connectivity index (χ1) is 14.1. The highest BCUT2D eigenvalue weighted by Gasteiger charge is 2.61. The fourth-order valence-corrected chi connectivity index (χ4v) is 7.60. The zero-order valence-electron chi connectivity index (χ0n) is 17.8. The minimum absolute atomic E-state index is 0.152. The molecular weight excluding hydrogens is 358 g/mol. The summed E-state index contributed by atoms with van der Waals surface area (Å²) < 4.78 is 0. The molecule has 3 fully saturated rings. The highest BCUT2D eigenvalue weighted by Crippen LogP contribution is 2.63. The number of hydrogen-bond donors (Lipinski definition) is 1. The first kappa shape index (κ1) is 19.4. The van der Waals surface area contributed by atoms with Gasteiger partial charge in [0.1, 0.15) is 11.7 Å². The predicted octanol–water partition coefficient (Wildman–Crippen LogP) is 5.40. The first-order valence-electron chi connectivity index (χ1n) is 11.9. The van der Waals surface area contributed by atoms with Gasteiger partial charge in [-0.1, -0.05) is 29.6 Å². The van der Waals surface area contributed by atoms with Crippen molar-refractivity contribution >= 4 is 5.71 Å². The molecule has 3 nitrogen and oxygen atoms in total. The van der Waals surface area contributed by atoms with Crippen molar-refractivity contribution < 1.29 is 9.94 Å². The molecule has 3 saturated carbocycles. The van der Waals surface area contributed by atoms with Crippen LogP contribution in [0.2, 0.25) is 0 Å². The minimum atomic E-state index is -1.06. The summed E-state index contributed by atoms with van der Waals surface area (Å²) >= 11 is 0. The highest BCUT2D eigenvalue weighted by molar-refractivity contribution is 5.96.